The standard InChI is InChI=1S/C15H18N2O3S/c1-15(2)14(20)16-12(18)9-17(15)13(19)11(21)8-10-6-4-3-5-7-10/h3-7,11,21H,8-9H2,1-2H3,(H,16,18,20). The lowest BCUT2D eigenvalue weighted by Crippen LogP contribution is -2.66. The summed E-state index contributed by atoms with van der Waals surface area (Å²) < 4.78 is 0. The van der Waals surface area contributed by atoms with Gasteiger partial charge in [-0.1, -0.05) is 30.3 Å². The van der Waals surface area contributed by atoms with Crippen LogP contribution in [0.5, 0.6) is 0 Å². The first-order valence-electron chi connectivity index (χ1n) is 6.70. The predicted octanol–water partition coefficient (Wildman–Crippen LogP) is 0.791. The van der Waals surface area contributed by atoms with E-state index in [1.807, 2.05) is 30.3 Å². The van der Waals surface area contributed by atoms with Crippen molar-refractivity contribution >= 4 is 30.4 Å². The van der Waals surface area contributed by atoms with Gasteiger partial charge in [-0.25, -0.2) is 0 Å². The summed E-state index contributed by atoms with van der Waals surface area (Å²) in [6.45, 7) is 3.12. The van der Waals surface area contributed by atoms with Gasteiger partial charge in [-0.15, -0.1) is 0 Å². The number of rotatable bonds is 3. The number of carbonyl (C=O) groups is 3. The second-order valence-electron chi connectivity index (χ2n) is 5.57. The van der Waals surface area contributed by atoms with E-state index in [-0.39, 0.29) is 12.5 Å². The summed E-state index contributed by atoms with van der Waals surface area (Å²) in [5.74, 6) is -1.24. The molecule has 5 nitrogen and oxygen atoms in total. The van der Waals surface area contributed by atoms with Gasteiger partial charge >= 0.3 is 0 Å². The van der Waals surface area contributed by atoms with E-state index in [1.165, 1.54) is 4.90 Å². The van der Waals surface area contributed by atoms with Crippen LogP contribution in [0.15, 0.2) is 30.3 Å². The Kier molecular flexibility index (Phi) is 4.37. The van der Waals surface area contributed by atoms with Crippen molar-refractivity contribution in [2.45, 2.75) is 31.1 Å². The lowest BCUT2D eigenvalue weighted by atomic mass is 9.97. The van der Waals surface area contributed by atoms with Gasteiger partial charge in [-0.2, -0.15) is 12.6 Å². The van der Waals surface area contributed by atoms with E-state index in [4.69, 9.17) is 0 Å². The molecule has 1 unspecified atom stereocenters. The third-order valence-corrected chi connectivity index (χ3v) is 4.01. The van der Waals surface area contributed by atoms with Crippen LogP contribution in [-0.4, -0.2) is 40.0 Å². The predicted molar refractivity (Wildman–Crippen MR) is 81.9 cm³/mol. The maximum Gasteiger partial charge on any atom is 0.252 e. The van der Waals surface area contributed by atoms with Crippen molar-refractivity contribution in [1.82, 2.24) is 10.2 Å². The van der Waals surface area contributed by atoms with Crippen LogP contribution in [0.3, 0.4) is 0 Å². The third-order valence-electron chi connectivity index (χ3n) is 3.61. The lowest BCUT2D eigenvalue weighted by Gasteiger charge is -2.41. The number of hydrogen-bond donors (Lipinski definition) is 2. The second-order valence-corrected chi connectivity index (χ2v) is 6.19. The van der Waals surface area contributed by atoms with Gasteiger partial charge in [-0.05, 0) is 25.8 Å². The number of hydrogen-bond acceptors (Lipinski definition) is 4. The average molecular weight is 306 g/mol. The molecular formula is C15H18N2O3S. The zero-order chi connectivity index (χ0) is 15.6. The normalized spacial score (nSPS) is 19.1. The molecule has 6 heteroatoms. The number of benzene rings is 1. The molecule has 112 valence electrons. The molecule has 1 saturated heterocycles. The first kappa shape index (κ1) is 15.6. The summed E-state index contributed by atoms with van der Waals surface area (Å²) in [4.78, 5) is 37.2. The van der Waals surface area contributed by atoms with Crippen LogP contribution >= 0.6 is 12.6 Å². The molecule has 21 heavy (non-hydrogen) atoms. The minimum Gasteiger partial charge on any atom is -0.318 e. The Labute approximate surface area is 129 Å². The van der Waals surface area contributed by atoms with Crippen LogP contribution in [0.4, 0.5) is 0 Å². The van der Waals surface area contributed by atoms with Gasteiger partial charge in [0.25, 0.3) is 5.91 Å². The summed E-state index contributed by atoms with van der Waals surface area (Å²) in [5.41, 5.74) is -0.0701. The first-order valence-corrected chi connectivity index (χ1v) is 7.22. The Bertz CT molecular complexity index is 572. The minimum absolute atomic E-state index is 0.122. The van der Waals surface area contributed by atoms with Crippen LogP contribution in [-0.2, 0) is 20.8 Å². The van der Waals surface area contributed by atoms with Crippen molar-refractivity contribution in [3.63, 3.8) is 0 Å². The number of carbonyl (C=O) groups excluding carboxylic acids is 3. The van der Waals surface area contributed by atoms with Crippen molar-refractivity contribution in [3.05, 3.63) is 35.9 Å². The van der Waals surface area contributed by atoms with Crippen LogP contribution in [0.1, 0.15) is 19.4 Å². The smallest absolute Gasteiger partial charge is 0.252 e. The van der Waals surface area contributed by atoms with Crippen molar-refractivity contribution in [2.75, 3.05) is 6.54 Å². The lowest BCUT2D eigenvalue weighted by molar-refractivity contribution is -0.155. The number of nitrogens with one attached hydrogen (secondary N) is 1. The molecule has 1 fully saturated rings. The number of piperazine rings is 1. The molecular weight excluding hydrogens is 288 g/mol. The molecule has 1 heterocycles. The summed E-state index contributed by atoms with van der Waals surface area (Å²) in [6, 6.07) is 9.51. The maximum atomic E-state index is 12.5. The van der Waals surface area contributed by atoms with Crippen LogP contribution in [0.25, 0.3) is 0 Å². The van der Waals surface area contributed by atoms with Gasteiger partial charge in [-0.3, -0.25) is 19.7 Å². The van der Waals surface area contributed by atoms with Gasteiger partial charge < -0.3 is 4.90 Å². The van der Waals surface area contributed by atoms with E-state index in [1.54, 1.807) is 13.8 Å². The Balaban J connectivity index is 2.14. The highest BCUT2D eigenvalue weighted by Crippen LogP contribution is 2.21. The third kappa shape index (κ3) is 3.26. The zero-order valence-electron chi connectivity index (χ0n) is 12.0. The fourth-order valence-electron chi connectivity index (χ4n) is 2.24. The van der Waals surface area contributed by atoms with Crippen molar-refractivity contribution < 1.29 is 14.4 Å². The molecule has 1 aromatic carbocycles. The molecule has 1 atom stereocenters. The van der Waals surface area contributed by atoms with Gasteiger partial charge in [0.05, 0.1) is 5.25 Å². The highest BCUT2D eigenvalue weighted by molar-refractivity contribution is 7.81. The quantitative estimate of drug-likeness (QED) is 0.641. The largest absolute Gasteiger partial charge is 0.318 e. The monoisotopic (exact) mass is 306 g/mol. The number of amides is 3. The molecule has 1 aliphatic heterocycles. The molecule has 1 aliphatic rings. The Hall–Kier alpha value is -1.82. The molecule has 2 rings (SSSR count). The van der Waals surface area contributed by atoms with Crippen LogP contribution in [0.2, 0.25) is 0 Å². The maximum absolute atomic E-state index is 12.5. The molecule has 0 radical (unpaired) electrons. The summed E-state index contributed by atoms with van der Waals surface area (Å²) in [7, 11) is 0. The Morgan fingerprint density at radius 1 is 1.33 bits per heavy atom. The van der Waals surface area contributed by atoms with E-state index in [0.29, 0.717) is 6.42 Å². The summed E-state index contributed by atoms with van der Waals surface area (Å²) in [6.07, 6.45) is 0.450. The minimum atomic E-state index is -1.05. The van der Waals surface area contributed by atoms with E-state index in [9.17, 15) is 14.4 Å². The molecule has 0 aliphatic carbocycles. The number of nitrogens with zero attached hydrogens (tertiary/aromatic N) is 1. The molecule has 0 bridgehead atoms. The number of imide groups is 1. The van der Waals surface area contributed by atoms with E-state index >= 15 is 0 Å². The Morgan fingerprint density at radius 3 is 2.57 bits per heavy atom. The molecule has 1 aromatic rings. The van der Waals surface area contributed by atoms with E-state index in [0.717, 1.165) is 5.56 Å². The van der Waals surface area contributed by atoms with E-state index in [2.05, 4.69) is 17.9 Å². The molecule has 0 saturated carbocycles. The van der Waals surface area contributed by atoms with Crippen LogP contribution in [0, 0.1) is 0 Å². The number of thiol groups is 1. The fraction of sp³-hybridized carbons (Fsp3) is 0.400. The summed E-state index contributed by atoms with van der Waals surface area (Å²) >= 11 is 4.35. The molecule has 0 spiro atoms. The van der Waals surface area contributed by atoms with Crippen molar-refractivity contribution in [1.29, 1.82) is 0 Å². The highest BCUT2D eigenvalue weighted by Gasteiger charge is 2.44. The van der Waals surface area contributed by atoms with Gasteiger partial charge in [0.15, 0.2) is 0 Å². The topological polar surface area (TPSA) is 66.5 Å². The Morgan fingerprint density at radius 2 is 1.95 bits per heavy atom. The van der Waals surface area contributed by atoms with Gasteiger partial charge in [0.2, 0.25) is 11.8 Å². The zero-order valence-corrected chi connectivity index (χ0v) is 12.9. The van der Waals surface area contributed by atoms with Crippen molar-refractivity contribution in [3.8, 4) is 0 Å². The first-order chi connectivity index (χ1) is 9.82. The fourth-order valence-corrected chi connectivity index (χ4v) is 2.59. The average Bonchev–Trinajstić information content (AvgIpc) is 2.43. The van der Waals surface area contributed by atoms with Gasteiger partial charge in [0, 0.05) is 0 Å². The molecule has 0 aromatic heterocycles. The SMILES string of the molecule is CC1(C)C(=O)NC(=O)CN1C(=O)C(S)Cc1ccccc1. The van der Waals surface area contributed by atoms with Gasteiger partial charge in [0.1, 0.15) is 12.1 Å². The molecule has 1 N–H and O–H groups in total. The highest BCUT2D eigenvalue weighted by atomic mass is 32.1. The second kappa shape index (κ2) is 5.89. The van der Waals surface area contributed by atoms with E-state index < -0.39 is 22.6 Å². The summed E-state index contributed by atoms with van der Waals surface area (Å²) in [5, 5.41) is 1.65. The van der Waals surface area contributed by atoms with Crippen LogP contribution < -0.4 is 5.32 Å². The molecule has 3 amide bonds. The van der Waals surface area contributed by atoms with Crippen molar-refractivity contribution in [2.24, 2.45) is 0 Å².